The van der Waals surface area contributed by atoms with Gasteiger partial charge in [-0.15, -0.1) is 11.3 Å². The fourth-order valence-corrected chi connectivity index (χ4v) is 3.17. The van der Waals surface area contributed by atoms with Crippen LogP contribution >= 0.6 is 11.3 Å². The van der Waals surface area contributed by atoms with Crippen molar-refractivity contribution in [3.05, 3.63) is 52.0 Å². The van der Waals surface area contributed by atoms with Crippen molar-refractivity contribution < 1.29 is 9.90 Å². The number of thiazole rings is 1. The van der Waals surface area contributed by atoms with Gasteiger partial charge in [-0.3, -0.25) is 4.79 Å². The van der Waals surface area contributed by atoms with Gasteiger partial charge in [-0.2, -0.15) is 0 Å². The van der Waals surface area contributed by atoms with Gasteiger partial charge in [-0.25, -0.2) is 4.98 Å². The Morgan fingerprint density at radius 3 is 2.68 bits per heavy atom. The maximum absolute atomic E-state index is 12.5. The van der Waals surface area contributed by atoms with Crippen LogP contribution in [0.15, 0.2) is 35.7 Å². The molecule has 0 bridgehead atoms. The summed E-state index contributed by atoms with van der Waals surface area (Å²) < 4.78 is 0. The molecule has 1 heterocycles. The van der Waals surface area contributed by atoms with E-state index in [4.69, 9.17) is 0 Å². The smallest absolute Gasteiger partial charge is 0.228 e. The molecular formula is C17H22N2O2S. The van der Waals surface area contributed by atoms with Crippen molar-refractivity contribution in [1.29, 1.82) is 0 Å². The van der Waals surface area contributed by atoms with Crippen molar-refractivity contribution >= 4 is 17.2 Å². The lowest BCUT2D eigenvalue weighted by Crippen LogP contribution is -2.33. The molecule has 0 aliphatic heterocycles. The molecule has 1 atom stereocenters. The molecule has 2 rings (SSSR count). The average molecular weight is 318 g/mol. The fraction of sp³-hybridized carbons (Fsp3) is 0.412. The Morgan fingerprint density at radius 1 is 1.36 bits per heavy atom. The maximum atomic E-state index is 12.5. The summed E-state index contributed by atoms with van der Waals surface area (Å²) in [5.41, 5.74) is 1.87. The summed E-state index contributed by atoms with van der Waals surface area (Å²) in [6.45, 7) is 2.11. The van der Waals surface area contributed by atoms with Crippen molar-refractivity contribution in [2.75, 3.05) is 13.7 Å². The van der Waals surface area contributed by atoms with Crippen molar-refractivity contribution in [2.24, 2.45) is 0 Å². The first-order valence-corrected chi connectivity index (χ1v) is 8.38. The number of hydrogen-bond acceptors (Lipinski definition) is 4. The third-order valence-electron chi connectivity index (χ3n) is 3.68. The molecule has 5 heteroatoms. The number of aromatic nitrogens is 1. The van der Waals surface area contributed by atoms with Crippen LogP contribution in [0.25, 0.3) is 0 Å². The lowest BCUT2D eigenvalue weighted by molar-refractivity contribution is -0.131. The van der Waals surface area contributed by atoms with Crippen LogP contribution in [-0.4, -0.2) is 34.6 Å². The summed E-state index contributed by atoms with van der Waals surface area (Å²) in [5.74, 6) is 0.0234. The van der Waals surface area contributed by atoms with Crippen molar-refractivity contribution in [3.8, 4) is 0 Å². The second-order valence-electron chi connectivity index (χ2n) is 5.21. The Kier molecular flexibility index (Phi) is 6.10. The molecule has 0 aliphatic rings. The number of hydrogen-bond donors (Lipinski definition) is 1. The highest BCUT2D eigenvalue weighted by Crippen LogP contribution is 2.23. The van der Waals surface area contributed by atoms with Crippen LogP contribution in [-0.2, 0) is 17.6 Å². The van der Waals surface area contributed by atoms with Gasteiger partial charge in [-0.05, 0) is 18.4 Å². The predicted octanol–water partition coefficient (Wildman–Crippen LogP) is 2.83. The molecule has 1 aromatic carbocycles. The van der Waals surface area contributed by atoms with Gasteiger partial charge in [0, 0.05) is 19.0 Å². The molecule has 1 N–H and O–H groups in total. The summed E-state index contributed by atoms with van der Waals surface area (Å²) in [6, 6.07) is 9.72. The number of carbonyl (C=O) groups is 1. The quantitative estimate of drug-likeness (QED) is 0.854. The number of benzene rings is 1. The summed E-state index contributed by atoms with van der Waals surface area (Å²) in [4.78, 5) is 18.7. The summed E-state index contributed by atoms with van der Waals surface area (Å²) >= 11 is 1.60. The minimum absolute atomic E-state index is 0.0234. The fourth-order valence-electron chi connectivity index (χ4n) is 2.43. The van der Waals surface area contributed by atoms with E-state index in [1.807, 2.05) is 35.7 Å². The number of carbonyl (C=O) groups excluding carboxylic acids is 1. The Labute approximate surface area is 135 Å². The predicted molar refractivity (Wildman–Crippen MR) is 88.9 cm³/mol. The topological polar surface area (TPSA) is 53.4 Å². The van der Waals surface area contributed by atoms with E-state index in [9.17, 15) is 9.90 Å². The standard InChI is InChI=1S/C17H22N2O2S/c1-3-16-18-14(12-22-16)11-17(21)19(2)15(9-10-20)13-7-5-4-6-8-13/h4-8,12,15,20H,3,9-11H2,1-2H3. The largest absolute Gasteiger partial charge is 0.396 e. The van der Waals surface area contributed by atoms with E-state index in [-0.39, 0.29) is 18.6 Å². The Morgan fingerprint density at radius 2 is 2.09 bits per heavy atom. The second kappa shape index (κ2) is 8.06. The molecule has 0 saturated carbocycles. The van der Waals surface area contributed by atoms with Gasteiger partial charge in [0.05, 0.1) is 23.2 Å². The van der Waals surface area contributed by atoms with E-state index in [2.05, 4.69) is 11.9 Å². The number of aryl methyl sites for hydroxylation is 1. The van der Waals surface area contributed by atoms with Gasteiger partial charge in [0.1, 0.15) is 0 Å². The molecule has 4 nitrogen and oxygen atoms in total. The SMILES string of the molecule is CCc1nc(CC(=O)N(C)C(CCO)c2ccccc2)cs1. The summed E-state index contributed by atoms with van der Waals surface area (Å²) in [6.07, 6.45) is 1.73. The first-order chi connectivity index (χ1) is 10.7. The Balaban J connectivity index is 2.09. The highest BCUT2D eigenvalue weighted by molar-refractivity contribution is 7.09. The van der Waals surface area contributed by atoms with Gasteiger partial charge in [0.15, 0.2) is 0 Å². The molecule has 0 spiro atoms. The number of likely N-dealkylation sites (N-methyl/N-ethyl adjacent to an activating group) is 1. The zero-order valence-electron chi connectivity index (χ0n) is 13.0. The maximum Gasteiger partial charge on any atom is 0.228 e. The van der Waals surface area contributed by atoms with Crippen LogP contribution in [0, 0.1) is 0 Å². The van der Waals surface area contributed by atoms with Gasteiger partial charge in [0.25, 0.3) is 0 Å². The average Bonchev–Trinajstić information content (AvgIpc) is 3.00. The van der Waals surface area contributed by atoms with Gasteiger partial charge < -0.3 is 10.0 Å². The van der Waals surface area contributed by atoms with Crippen molar-refractivity contribution in [1.82, 2.24) is 9.88 Å². The molecule has 1 unspecified atom stereocenters. The Bertz CT molecular complexity index is 598. The minimum atomic E-state index is -0.108. The molecule has 22 heavy (non-hydrogen) atoms. The monoisotopic (exact) mass is 318 g/mol. The molecule has 0 saturated heterocycles. The minimum Gasteiger partial charge on any atom is -0.396 e. The van der Waals surface area contributed by atoms with E-state index in [1.165, 1.54) is 0 Å². The highest BCUT2D eigenvalue weighted by atomic mass is 32.1. The number of aliphatic hydroxyl groups is 1. The molecule has 1 amide bonds. The molecule has 118 valence electrons. The third kappa shape index (κ3) is 4.15. The summed E-state index contributed by atoms with van der Waals surface area (Å²) in [5, 5.41) is 12.3. The third-order valence-corrected chi connectivity index (χ3v) is 4.72. The van der Waals surface area contributed by atoms with E-state index < -0.39 is 0 Å². The van der Waals surface area contributed by atoms with Crippen LogP contribution < -0.4 is 0 Å². The van der Waals surface area contributed by atoms with Crippen molar-refractivity contribution in [3.63, 3.8) is 0 Å². The van der Waals surface area contributed by atoms with Gasteiger partial charge in [-0.1, -0.05) is 37.3 Å². The highest BCUT2D eigenvalue weighted by Gasteiger charge is 2.21. The van der Waals surface area contributed by atoms with Crippen LogP contribution in [0.2, 0.25) is 0 Å². The molecule has 1 aromatic heterocycles. The van der Waals surface area contributed by atoms with E-state index in [1.54, 1.807) is 23.3 Å². The van der Waals surface area contributed by atoms with Crippen LogP contribution in [0.1, 0.15) is 35.7 Å². The van der Waals surface area contributed by atoms with Crippen LogP contribution in [0.4, 0.5) is 0 Å². The second-order valence-corrected chi connectivity index (χ2v) is 6.15. The number of rotatable bonds is 7. The normalized spacial score (nSPS) is 12.1. The van der Waals surface area contributed by atoms with Crippen molar-refractivity contribution in [2.45, 2.75) is 32.2 Å². The van der Waals surface area contributed by atoms with Gasteiger partial charge >= 0.3 is 0 Å². The first-order valence-electron chi connectivity index (χ1n) is 7.50. The molecule has 2 aromatic rings. The van der Waals surface area contributed by atoms with E-state index >= 15 is 0 Å². The number of nitrogens with zero attached hydrogens (tertiary/aromatic N) is 2. The molecule has 0 fully saturated rings. The number of amides is 1. The lowest BCUT2D eigenvalue weighted by Gasteiger charge is -2.28. The Hall–Kier alpha value is -1.72. The number of aliphatic hydroxyl groups excluding tert-OH is 1. The summed E-state index contributed by atoms with van der Waals surface area (Å²) in [7, 11) is 1.79. The first kappa shape index (κ1) is 16.6. The van der Waals surface area contributed by atoms with Gasteiger partial charge in [0.2, 0.25) is 5.91 Å². The lowest BCUT2D eigenvalue weighted by atomic mass is 10.0. The zero-order chi connectivity index (χ0) is 15.9. The van der Waals surface area contributed by atoms with Crippen LogP contribution in [0.3, 0.4) is 0 Å². The zero-order valence-corrected chi connectivity index (χ0v) is 13.8. The van der Waals surface area contributed by atoms with Crippen LogP contribution in [0.5, 0.6) is 0 Å². The van der Waals surface area contributed by atoms with E-state index in [0.29, 0.717) is 12.8 Å². The van der Waals surface area contributed by atoms with E-state index in [0.717, 1.165) is 22.7 Å². The molecular weight excluding hydrogens is 296 g/mol. The molecule has 0 radical (unpaired) electrons. The molecule has 0 aliphatic carbocycles.